The van der Waals surface area contributed by atoms with E-state index in [9.17, 15) is 9.59 Å². The number of anilines is 1. The van der Waals surface area contributed by atoms with Crippen LogP contribution in [0.2, 0.25) is 0 Å². The normalized spacial score (nSPS) is 11.0. The molecule has 2 amide bonds. The second-order valence-electron chi connectivity index (χ2n) is 6.50. The van der Waals surface area contributed by atoms with Gasteiger partial charge in [-0.15, -0.1) is 0 Å². The molecule has 2 rings (SSSR count). The number of nitrogens with zero attached hydrogens (tertiary/aromatic N) is 1. The summed E-state index contributed by atoms with van der Waals surface area (Å²) in [5, 5.41) is 5.62. The number of aryl methyl sites for hydroxylation is 2. The van der Waals surface area contributed by atoms with Gasteiger partial charge in [0.25, 0.3) is 0 Å². The molecule has 0 saturated carbocycles. The number of hydrogen-bond acceptors (Lipinski definition) is 3. The van der Waals surface area contributed by atoms with Gasteiger partial charge in [0.05, 0.1) is 0 Å². The predicted octanol–water partition coefficient (Wildman–Crippen LogP) is 2.98. The van der Waals surface area contributed by atoms with Gasteiger partial charge in [-0.3, -0.25) is 14.6 Å². The van der Waals surface area contributed by atoms with Gasteiger partial charge in [0, 0.05) is 24.6 Å². The molecule has 0 unspecified atom stereocenters. The van der Waals surface area contributed by atoms with Crippen molar-refractivity contribution in [3.8, 4) is 0 Å². The predicted molar refractivity (Wildman–Crippen MR) is 94.4 cm³/mol. The fraction of sp³-hybridized carbons (Fsp3) is 0.316. The Bertz CT molecular complexity index is 719. The van der Waals surface area contributed by atoms with Crippen molar-refractivity contribution in [2.75, 3.05) is 5.32 Å². The summed E-state index contributed by atoms with van der Waals surface area (Å²) in [6.07, 6.45) is 3.36. The number of pyridine rings is 1. The molecule has 1 heterocycles. The average Bonchev–Trinajstić information content (AvgIpc) is 2.52. The minimum Gasteiger partial charge on any atom is -0.351 e. The highest BCUT2D eigenvalue weighted by molar-refractivity contribution is 6.09. The fourth-order valence-electron chi connectivity index (χ4n) is 2.34. The second-order valence-corrected chi connectivity index (χ2v) is 6.50. The van der Waals surface area contributed by atoms with Gasteiger partial charge in [-0.1, -0.05) is 12.1 Å². The SMILES string of the molecule is Cc1cc(C)cc(NC(=O)C(C)(C)C(=O)NCc2cccnc2)c1. The second kappa shape index (κ2) is 7.25. The molecule has 2 N–H and O–H groups in total. The molecule has 0 bridgehead atoms. The van der Waals surface area contributed by atoms with Gasteiger partial charge in [-0.25, -0.2) is 0 Å². The highest BCUT2D eigenvalue weighted by Crippen LogP contribution is 2.21. The Balaban J connectivity index is 2.02. The zero-order chi connectivity index (χ0) is 17.7. The van der Waals surface area contributed by atoms with Crippen LogP contribution in [0.25, 0.3) is 0 Å². The number of carbonyl (C=O) groups is 2. The number of benzene rings is 1. The van der Waals surface area contributed by atoms with Crippen LogP contribution >= 0.6 is 0 Å². The highest BCUT2D eigenvalue weighted by atomic mass is 16.2. The van der Waals surface area contributed by atoms with Crippen molar-refractivity contribution in [3.05, 3.63) is 59.4 Å². The molecule has 0 spiro atoms. The fourth-order valence-corrected chi connectivity index (χ4v) is 2.34. The average molecular weight is 325 g/mol. The summed E-state index contributed by atoms with van der Waals surface area (Å²) in [6.45, 7) is 7.50. The smallest absolute Gasteiger partial charge is 0.239 e. The Morgan fingerprint density at radius 3 is 2.33 bits per heavy atom. The van der Waals surface area contributed by atoms with E-state index in [1.165, 1.54) is 0 Å². The molecule has 1 aromatic heterocycles. The summed E-state index contributed by atoms with van der Waals surface area (Å²) >= 11 is 0. The summed E-state index contributed by atoms with van der Waals surface area (Å²) in [6, 6.07) is 9.47. The van der Waals surface area contributed by atoms with E-state index in [-0.39, 0.29) is 11.8 Å². The van der Waals surface area contributed by atoms with Crippen LogP contribution in [0.4, 0.5) is 5.69 Å². The molecule has 24 heavy (non-hydrogen) atoms. The van der Waals surface area contributed by atoms with Crippen molar-refractivity contribution >= 4 is 17.5 Å². The first-order chi connectivity index (χ1) is 11.3. The van der Waals surface area contributed by atoms with E-state index >= 15 is 0 Å². The van der Waals surface area contributed by atoms with E-state index < -0.39 is 5.41 Å². The molecule has 126 valence electrons. The van der Waals surface area contributed by atoms with Crippen molar-refractivity contribution in [1.29, 1.82) is 0 Å². The van der Waals surface area contributed by atoms with E-state index in [0.29, 0.717) is 12.2 Å². The van der Waals surface area contributed by atoms with Gasteiger partial charge in [-0.2, -0.15) is 0 Å². The third-order valence-electron chi connectivity index (χ3n) is 3.79. The van der Waals surface area contributed by atoms with Crippen LogP contribution in [-0.2, 0) is 16.1 Å². The van der Waals surface area contributed by atoms with Crippen LogP contribution in [0, 0.1) is 19.3 Å². The molecule has 2 aromatic rings. The Kier molecular flexibility index (Phi) is 5.34. The Labute approximate surface area is 142 Å². The molecule has 0 aliphatic heterocycles. The summed E-state index contributed by atoms with van der Waals surface area (Å²) in [7, 11) is 0. The Hall–Kier alpha value is -2.69. The van der Waals surface area contributed by atoms with Crippen molar-refractivity contribution in [2.45, 2.75) is 34.2 Å². The van der Waals surface area contributed by atoms with Gasteiger partial charge >= 0.3 is 0 Å². The van der Waals surface area contributed by atoms with Gasteiger partial charge < -0.3 is 10.6 Å². The maximum atomic E-state index is 12.5. The number of hydrogen-bond donors (Lipinski definition) is 2. The van der Waals surface area contributed by atoms with E-state index in [4.69, 9.17) is 0 Å². The minimum absolute atomic E-state index is 0.326. The zero-order valence-corrected chi connectivity index (χ0v) is 14.5. The molecule has 0 aliphatic carbocycles. The topological polar surface area (TPSA) is 71.1 Å². The largest absolute Gasteiger partial charge is 0.351 e. The van der Waals surface area contributed by atoms with Crippen molar-refractivity contribution in [1.82, 2.24) is 10.3 Å². The van der Waals surface area contributed by atoms with Gasteiger partial charge in [0.2, 0.25) is 11.8 Å². The molecule has 0 saturated heterocycles. The van der Waals surface area contributed by atoms with Crippen LogP contribution in [0.1, 0.15) is 30.5 Å². The maximum Gasteiger partial charge on any atom is 0.239 e. The van der Waals surface area contributed by atoms with Crippen molar-refractivity contribution < 1.29 is 9.59 Å². The quantitative estimate of drug-likeness (QED) is 0.830. The third-order valence-corrected chi connectivity index (χ3v) is 3.79. The first kappa shape index (κ1) is 17.7. The molecule has 5 heteroatoms. The zero-order valence-electron chi connectivity index (χ0n) is 14.5. The van der Waals surface area contributed by atoms with Crippen molar-refractivity contribution in [3.63, 3.8) is 0 Å². The first-order valence-corrected chi connectivity index (χ1v) is 7.86. The standard InChI is InChI=1S/C19H23N3O2/c1-13-8-14(2)10-16(9-13)22-18(24)19(3,4)17(23)21-12-15-6-5-7-20-11-15/h5-11H,12H2,1-4H3,(H,21,23)(H,22,24). The van der Waals surface area contributed by atoms with Crippen LogP contribution in [0.5, 0.6) is 0 Å². The van der Waals surface area contributed by atoms with Crippen LogP contribution in [0.15, 0.2) is 42.7 Å². The lowest BCUT2D eigenvalue weighted by molar-refractivity contribution is -0.138. The number of aromatic nitrogens is 1. The lowest BCUT2D eigenvalue weighted by atomic mass is 9.90. The number of rotatable bonds is 5. The van der Waals surface area contributed by atoms with E-state index in [0.717, 1.165) is 16.7 Å². The van der Waals surface area contributed by atoms with Crippen LogP contribution in [-0.4, -0.2) is 16.8 Å². The third kappa shape index (κ3) is 4.41. The number of nitrogens with one attached hydrogen (secondary N) is 2. The van der Waals surface area contributed by atoms with E-state index in [2.05, 4.69) is 15.6 Å². The van der Waals surface area contributed by atoms with Crippen molar-refractivity contribution in [2.24, 2.45) is 5.41 Å². The van der Waals surface area contributed by atoms with Gasteiger partial charge in [-0.05, 0) is 62.6 Å². The van der Waals surface area contributed by atoms with Gasteiger partial charge in [0.1, 0.15) is 5.41 Å². The summed E-state index contributed by atoms with van der Waals surface area (Å²) < 4.78 is 0. The monoisotopic (exact) mass is 325 g/mol. The van der Waals surface area contributed by atoms with Crippen LogP contribution < -0.4 is 10.6 Å². The van der Waals surface area contributed by atoms with Crippen LogP contribution in [0.3, 0.4) is 0 Å². The molecule has 5 nitrogen and oxygen atoms in total. The van der Waals surface area contributed by atoms with E-state index in [1.807, 2.05) is 38.1 Å². The van der Waals surface area contributed by atoms with E-state index in [1.54, 1.807) is 32.3 Å². The maximum absolute atomic E-state index is 12.5. The van der Waals surface area contributed by atoms with Gasteiger partial charge in [0.15, 0.2) is 0 Å². The Morgan fingerprint density at radius 1 is 1.08 bits per heavy atom. The summed E-state index contributed by atoms with van der Waals surface area (Å²) in [5.74, 6) is -0.663. The summed E-state index contributed by atoms with van der Waals surface area (Å²) in [4.78, 5) is 28.9. The highest BCUT2D eigenvalue weighted by Gasteiger charge is 2.36. The summed E-state index contributed by atoms with van der Waals surface area (Å²) in [5.41, 5.74) is 2.52. The molecular formula is C19H23N3O2. The minimum atomic E-state index is -1.18. The lowest BCUT2D eigenvalue weighted by Crippen LogP contribution is -2.44. The number of amides is 2. The molecule has 1 aromatic carbocycles. The first-order valence-electron chi connectivity index (χ1n) is 7.86. The Morgan fingerprint density at radius 2 is 1.75 bits per heavy atom. The molecule has 0 fully saturated rings. The molecular weight excluding hydrogens is 302 g/mol. The lowest BCUT2D eigenvalue weighted by Gasteiger charge is -2.23. The molecule has 0 atom stereocenters. The molecule has 0 aliphatic rings. The molecule has 0 radical (unpaired) electrons. The number of carbonyl (C=O) groups excluding carboxylic acids is 2.